The molecular weight excluding hydrogens is 708 g/mol. The minimum absolute atomic E-state index is 0.0417. The van der Waals surface area contributed by atoms with E-state index in [0.29, 0.717) is 18.4 Å². The van der Waals surface area contributed by atoms with Gasteiger partial charge < -0.3 is 29.7 Å². The zero-order valence-corrected chi connectivity index (χ0v) is 29.2. The van der Waals surface area contributed by atoms with Gasteiger partial charge in [0, 0.05) is 30.9 Å². The van der Waals surface area contributed by atoms with E-state index in [1.807, 2.05) is 54.6 Å². The molecule has 14 heteroatoms. The summed E-state index contributed by atoms with van der Waals surface area (Å²) < 4.78 is 13.8. The van der Waals surface area contributed by atoms with E-state index in [0.717, 1.165) is 11.1 Å². The summed E-state index contributed by atoms with van der Waals surface area (Å²) in [5.74, 6) is -3.52. The smallest absolute Gasteiger partial charge is 0.306 e. The molecule has 1 spiro atoms. The number of hydrogen-bond donors (Lipinski definition) is 2. The van der Waals surface area contributed by atoms with E-state index >= 15 is 0 Å². The third-order valence-electron chi connectivity index (χ3n) is 9.75. The minimum Gasteiger partial charge on any atom is -0.463 e. The number of aliphatic hydroxyl groups is 1. The van der Waals surface area contributed by atoms with E-state index in [9.17, 15) is 24.3 Å². The van der Waals surface area contributed by atoms with Crippen molar-refractivity contribution in [1.29, 1.82) is 0 Å². The first kappa shape index (κ1) is 35.4. The largest absolute Gasteiger partial charge is 0.463 e. The topological polar surface area (TPSA) is 156 Å². The quantitative estimate of drug-likeness (QED) is 0.128. The van der Waals surface area contributed by atoms with Gasteiger partial charge in [0.25, 0.3) is 0 Å². The molecule has 3 amide bonds. The van der Waals surface area contributed by atoms with Gasteiger partial charge in [-0.15, -0.1) is 18.3 Å². The van der Waals surface area contributed by atoms with Gasteiger partial charge in [-0.05, 0) is 37.0 Å². The molecule has 13 nitrogen and oxygen atoms in total. The van der Waals surface area contributed by atoms with Crippen LogP contribution in [0.3, 0.4) is 0 Å². The van der Waals surface area contributed by atoms with Crippen LogP contribution in [0.4, 0.5) is 0 Å². The predicted octanol–water partition coefficient (Wildman–Crippen LogP) is 2.90. The summed E-state index contributed by atoms with van der Waals surface area (Å²) in [5, 5.41) is 21.3. The van der Waals surface area contributed by atoms with E-state index in [1.165, 1.54) is 4.90 Å². The SMILES string of the molecule is C=CCCC(=O)OC[C@@H](NC(=O)[C@@H]1[C@H]2O[C@@]3(CC2Br)[C@H](C(=O)N(CC=C)Cn2nnc4ccccc42)N(CCCO)C(=O)[C@@H]13)c1ccccc1. The van der Waals surface area contributed by atoms with Gasteiger partial charge in [0.2, 0.25) is 17.7 Å². The third kappa shape index (κ3) is 6.59. The number of aromatic nitrogens is 3. The van der Waals surface area contributed by atoms with Crippen molar-refractivity contribution in [2.75, 3.05) is 26.3 Å². The number of fused-ring (bicyclic) bond motifs is 2. The first-order valence-electron chi connectivity index (χ1n) is 16.8. The van der Waals surface area contributed by atoms with Crippen LogP contribution >= 0.6 is 15.9 Å². The zero-order valence-electron chi connectivity index (χ0n) is 27.6. The normalized spacial score (nSPS) is 25.7. The molecule has 2 aromatic carbocycles. The molecule has 3 aromatic rings. The van der Waals surface area contributed by atoms with E-state index in [2.05, 4.69) is 44.7 Å². The van der Waals surface area contributed by atoms with Crippen molar-refractivity contribution in [2.24, 2.45) is 11.8 Å². The molecule has 2 bridgehead atoms. The summed E-state index contributed by atoms with van der Waals surface area (Å²) in [6.45, 7) is 7.49. The van der Waals surface area contributed by atoms with Crippen molar-refractivity contribution in [3.8, 4) is 0 Å². The van der Waals surface area contributed by atoms with Crippen molar-refractivity contribution in [3.63, 3.8) is 0 Å². The molecule has 3 saturated heterocycles. The Bertz CT molecular complexity index is 1750. The fourth-order valence-electron chi connectivity index (χ4n) is 7.56. The van der Waals surface area contributed by atoms with Crippen LogP contribution in [0.15, 0.2) is 79.9 Å². The number of benzene rings is 2. The number of ether oxygens (including phenoxy) is 2. The number of amides is 3. The van der Waals surface area contributed by atoms with Gasteiger partial charge >= 0.3 is 5.97 Å². The number of allylic oxidation sites excluding steroid dienone is 1. The molecule has 6 rings (SSSR count). The van der Waals surface area contributed by atoms with Crippen LogP contribution in [-0.2, 0) is 35.3 Å². The number of rotatable bonds is 16. The molecule has 3 aliphatic rings. The monoisotopic (exact) mass is 748 g/mol. The van der Waals surface area contributed by atoms with E-state index < -0.39 is 47.5 Å². The van der Waals surface area contributed by atoms with Gasteiger partial charge in [-0.1, -0.05) is 75.8 Å². The number of halogens is 1. The van der Waals surface area contributed by atoms with Crippen LogP contribution in [0, 0.1) is 11.8 Å². The number of nitrogens with one attached hydrogen (secondary N) is 1. The molecule has 7 atom stereocenters. The maximum atomic E-state index is 14.7. The molecule has 50 heavy (non-hydrogen) atoms. The Hall–Kier alpha value is -4.40. The second kappa shape index (κ2) is 15.2. The van der Waals surface area contributed by atoms with Crippen LogP contribution in [0.2, 0.25) is 0 Å². The number of para-hydroxylation sites is 1. The summed E-state index contributed by atoms with van der Waals surface area (Å²) in [4.78, 5) is 58.6. The summed E-state index contributed by atoms with van der Waals surface area (Å²) in [6, 6.07) is 14.8. The summed E-state index contributed by atoms with van der Waals surface area (Å²) in [6.07, 6.45) is 3.72. The molecule has 3 aliphatic heterocycles. The van der Waals surface area contributed by atoms with Gasteiger partial charge in [0.05, 0.1) is 29.5 Å². The van der Waals surface area contributed by atoms with Gasteiger partial charge in [-0.25, -0.2) is 4.68 Å². The second-order valence-corrected chi connectivity index (χ2v) is 14.0. The lowest BCUT2D eigenvalue weighted by molar-refractivity contribution is -0.149. The lowest BCUT2D eigenvalue weighted by atomic mass is 9.70. The lowest BCUT2D eigenvalue weighted by Crippen LogP contribution is -2.57. The van der Waals surface area contributed by atoms with Gasteiger partial charge in [-0.2, -0.15) is 0 Å². The molecular formula is C36H41BrN6O7. The Kier molecular flexibility index (Phi) is 10.8. The van der Waals surface area contributed by atoms with Gasteiger partial charge in [-0.3, -0.25) is 19.2 Å². The number of hydrogen-bond acceptors (Lipinski definition) is 9. The molecule has 0 radical (unpaired) electrons. The highest BCUT2D eigenvalue weighted by atomic mass is 79.9. The van der Waals surface area contributed by atoms with Crippen molar-refractivity contribution in [1.82, 2.24) is 30.1 Å². The van der Waals surface area contributed by atoms with E-state index in [-0.39, 0.29) is 62.5 Å². The third-order valence-corrected chi connectivity index (χ3v) is 10.6. The van der Waals surface area contributed by atoms with Crippen LogP contribution in [0.1, 0.15) is 37.3 Å². The number of nitrogens with zero attached hydrogens (tertiary/aromatic N) is 5. The Labute approximate surface area is 298 Å². The maximum absolute atomic E-state index is 14.7. The Morgan fingerprint density at radius 3 is 2.66 bits per heavy atom. The number of aliphatic hydroxyl groups excluding tert-OH is 1. The van der Waals surface area contributed by atoms with Crippen molar-refractivity contribution in [2.45, 2.75) is 61.0 Å². The molecule has 0 saturated carbocycles. The predicted molar refractivity (Wildman–Crippen MR) is 186 cm³/mol. The number of alkyl halides is 1. The van der Waals surface area contributed by atoms with Crippen molar-refractivity contribution in [3.05, 3.63) is 85.5 Å². The van der Waals surface area contributed by atoms with Crippen LogP contribution < -0.4 is 5.32 Å². The van der Waals surface area contributed by atoms with Crippen LogP contribution in [0.25, 0.3) is 11.0 Å². The van der Waals surface area contributed by atoms with Crippen LogP contribution in [-0.4, -0.2) is 102 Å². The number of carbonyl (C=O) groups is 4. The number of esters is 1. The fraction of sp³-hybridized carbons (Fsp3) is 0.444. The molecule has 2 N–H and O–H groups in total. The lowest BCUT2D eigenvalue weighted by Gasteiger charge is -2.37. The molecule has 1 aromatic heterocycles. The van der Waals surface area contributed by atoms with E-state index in [1.54, 1.807) is 21.7 Å². The summed E-state index contributed by atoms with van der Waals surface area (Å²) in [5.41, 5.74) is 0.822. The molecule has 1 unspecified atom stereocenters. The van der Waals surface area contributed by atoms with E-state index in [4.69, 9.17) is 9.47 Å². The van der Waals surface area contributed by atoms with Gasteiger partial charge in [0.15, 0.2) is 0 Å². The van der Waals surface area contributed by atoms with Crippen molar-refractivity contribution >= 4 is 50.7 Å². The minimum atomic E-state index is -1.31. The highest BCUT2D eigenvalue weighted by Gasteiger charge is 2.76. The first-order chi connectivity index (χ1) is 24.2. The summed E-state index contributed by atoms with van der Waals surface area (Å²) >= 11 is 3.72. The molecule has 0 aliphatic carbocycles. The molecule has 4 heterocycles. The Morgan fingerprint density at radius 2 is 1.92 bits per heavy atom. The Balaban J connectivity index is 1.30. The number of likely N-dealkylation sites (tertiary alicyclic amines) is 1. The van der Waals surface area contributed by atoms with Crippen molar-refractivity contribution < 1.29 is 33.8 Å². The van der Waals surface area contributed by atoms with Crippen LogP contribution in [0.5, 0.6) is 0 Å². The zero-order chi connectivity index (χ0) is 35.4. The van der Waals surface area contributed by atoms with Gasteiger partial charge in [0.1, 0.15) is 30.4 Å². The average molecular weight is 750 g/mol. The molecule has 3 fully saturated rings. The molecule has 264 valence electrons. The average Bonchev–Trinajstić information content (AvgIpc) is 3.85. The highest BCUT2D eigenvalue weighted by molar-refractivity contribution is 9.09. The Morgan fingerprint density at radius 1 is 1.16 bits per heavy atom. The first-order valence-corrected chi connectivity index (χ1v) is 17.7. The standard InChI is InChI=1S/C36H41BrN6O7/c1-3-5-16-28(45)49-21-26(23-12-7-6-8-13-23)38-33(46)29-30-34(47)42(18-11-19-44)32(36(30)20-24(37)31(29)50-36)35(48)41(17-4-2)22-43-27-15-10-9-14-25(27)39-40-43/h3-4,6-10,12-15,24,26,29-32,44H,1-2,5,11,16-22H2,(H,38,46)/t24?,26-,29+,30-,31+,32+,36-/m1/s1. The highest BCUT2D eigenvalue weighted by Crippen LogP contribution is 2.60. The second-order valence-electron chi connectivity index (χ2n) is 12.8. The summed E-state index contributed by atoms with van der Waals surface area (Å²) in [7, 11) is 0. The maximum Gasteiger partial charge on any atom is 0.306 e. The number of carbonyl (C=O) groups excluding carboxylic acids is 4. The fourth-order valence-corrected chi connectivity index (χ4v) is 8.51.